The first-order valence-electron chi connectivity index (χ1n) is 22.5. The van der Waals surface area contributed by atoms with Gasteiger partial charge in [0.2, 0.25) is 11.8 Å². The maximum atomic E-state index is 13.2. The van der Waals surface area contributed by atoms with Crippen LogP contribution in [0.2, 0.25) is 0 Å². The number of fused-ring (bicyclic) bond motifs is 2. The summed E-state index contributed by atoms with van der Waals surface area (Å²) in [5.41, 5.74) is 10.1. The van der Waals surface area contributed by atoms with Crippen molar-refractivity contribution in [2.45, 2.75) is 108 Å². The van der Waals surface area contributed by atoms with E-state index in [0.717, 1.165) is 69.1 Å². The summed E-state index contributed by atoms with van der Waals surface area (Å²) in [7, 11) is 0. The molecule has 1 N–H and O–H groups in total. The van der Waals surface area contributed by atoms with Gasteiger partial charge in [0.15, 0.2) is 0 Å². The zero-order chi connectivity index (χ0) is 41.2. The first-order chi connectivity index (χ1) is 29.0. The molecule has 9 heteroatoms. The molecule has 0 aromatic heterocycles. The van der Waals surface area contributed by atoms with Crippen molar-refractivity contribution in [3.05, 3.63) is 124 Å². The number of hydrogen-bond acceptors (Lipinski definition) is 7. The number of carbonyl (C=O) groups excluding carboxylic acids is 3. The summed E-state index contributed by atoms with van der Waals surface area (Å²) in [6.45, 7) is 13.1. The van der Waals surface area contributed by atoms with Gasteiger partial charge in [-0.15, -0.1) is 0 Å². The minimum Gasteiger partial charge on any atom is -0.488 e. The molecule has 60 heavy (non-hydrogen) atoms. The van der Waals surface area contributed by atoms with Crippen LogP contribution in [0.3, 0.4) is 0 Å². The summed E-state index contributed by atoms with van der Waals surface area (Å²) in [6.07, 6.45) is 7.98. The highest BCUT2D eigenvalue weighted by molar-refractivity contribution is 6.05. The number of nitrogens with zero attached hydrogens (tertiary/aromatic N) is 4. The number of imide groups is 1. The molecule has 4 fully saturated rings. The standard InChI is InChI=1S/C51H59N5O4/c1-50(2,3)60-41-15-18-43-36(30-41)11-16-42(34-7-5-4-6-8-34)47(43)35-9-12-38(13-10-35)53-23-21-51(22-24-53)31-40(32-51)55-27-25-54(26-28-55)39-14-17-44-37(29-39)33-56(49(44)59)45-19-20-46(57)52-48(45)58/h4-10,12-15,17-18,29-30,40,42,45,47H,11,16,19-28,31-33H2,1-3H3,(H,52,57,58)/t42-,45?,47?/m1/s1. The molecule has 0 radical (unpaired) electrons. The van der Waals surface area contributed by atoms with Crippen molar-refractivity contribution in [1.82, 2.24) is 15.1 Å². The van der Waals surface area contributed by atoms with Crippen molar-refractivity contribution in [1.29, 1.82) is 0 Å². The van der Waals surface area contributed by atoms with E-state index in [1.807, 2.05) is 6.07 Å². The number of carbonyl (C=O) groups is 3. The number of piperazine rings is 1. The van der Waals surface area contributed by atoms with E-state index >= 15 is 0 Å². The third-order valence-corrected chi connectivity index (χ3v) is 14.7. The zero-order valence-electron chi connectivity index (χ0n) is 35.5. The fourth-order valence-corrected chi connectivity index (χ4v) is 11.5. The van der Waals surface area contributed by atoms with Gasteiger partial charge in [0, 0.05) is 81.1 Å². The third kappa shape index (κ3) is 7.48. The molecule has 3 atom stereocenters. The maximum Gasteiger partial charge on any atom is 0.255 e. The number of hydrogen-bond donors (Lipinski definition) is 1. The molecule has 9 nitrogen and oxygen atoms in total. The molecule has 4 heterocycles. The minimum absolute atomic E-state index is 0.112. The molecular weight excluding hydrogens is 747 g/mol. The molecule has 4 aromatic carbocycles. The van der Waals surface area contributed by atoms with Crippen molar-refractivity contribution in [2.24, 2.45) is 5.41 Å². The van der Waals surface area contributed by atoms with Crippen molar-refractivity contribution >= 4 is 29.1 Å². The molecule has 3 amide bonds. The van der Waals surface area contributed by atoms with E-state index in [1.165, 1.54) is 53.6 Å². The summed E-state index contributed by atoms with van der Waals surface area (Å²) in [6, 6.07) is 33.7. The van der Waals surface area contributed by atoms with Crippen LogP contribution < -0.4 is 19.9 Å². The Kier molecular flexibility index (Phi) is 10.0. The highest BCUT2D eigenvalue weighted by Gasteiger charge is 2.48. The Morgan fingerprint density at radius 1 is 0.700 bits per heavy atom. The minimum atomic E-state index is -0.581. The smallest absolute Gasteiger partial charge is 0.255 e. The van der Waals surface area contributed by atoms with Crippen LogP contribution in [0.25, 0.3) is 0 Å². The molecule has 0 bridgehead atoms. The second-order valence-electron chi connectivity index (χ2n) is 19.5. The normalized spacial score (nSPS) is 24.6. The number of anilines is 2. The average Bonchev–Trinajstić information content (AvgIpc) is 3.57. The average molecular weight is 806 g/mol. The Morgan fingerprint density at radius 2 is 1.42 bits per heavy atom. The highest BCUT2D eigenvalue weighted by atomic mass is 16.5. The second kappa shape index (κ2) is 15.4. The lowest BCUT2D eigenvalue weighted by molar-refractivity contribution is -0.136. The monoisotopic (exact) mass is 805 g/mol. The van der Waals surface area contributed by atoms with E-state index in [0.29, 0.717) is 41.8 Å². The highest BCUT2D eigenvalue weighted by Crippen LogP contribution is 2.52. The van der Waals surface area contributed by atoms with Gasteiger partial charge in [-0.2, -0.15) is 0 Å². The lowest BCUT2D eigenvalue weighted by atomic mass is 9.60. The van der Waals surface area contributed by atoms with Gasteiger partial charge in [0.25, 0.3) is 5.91 Å². The second-order valence-corrected chi connectivity index (χ2v) is 19.5. The Bertz CT molecular complexity index is 2260. The third-order valence-electron chi connectivity index (χ3n) is 14.7. The summed E-state index contributed by atoms with van der Waals surface area (Å²) in [5.74, 6) is 0.977. The Balaban J connectivity index is 0.735. The SMILES string of the molecule is CC(C)(C)Oc1ccc2c(c1)CC[C@H](c1ccccc1)C2c1ccc(N2CCC3(CC2)CC(N2CCN(c4ccc5c(c4)CN(C4CCC(=O)NC4=O)C5=O)CC2)C3)cc1. The van der Waals surface area contributed by atoms with Crippen molar-refractivity contribution < 1.29 is 19.1 Å². The number of ether oxygens (including phenoxy) is 1. The van der Waals surface area contributed by atoms with E-state index in [-0.39, 0.29) is 29.7 Å². The molecule has 4 aromatic rings. The van der Waals surface area contributed by atoms with Crippen LogP contribution in [-0.2, 0) is 22.6 Å². The van der Waals surface area contributed by atoms with Crippen LogP contribution in [-0.4, -0.2) is 84.5 Å². The zero-order valence-corrected chi connectivity index (χ0v) is 35.5. The van der Waals surface area contributed by atoms with Crippen molar-refractivity contribution in [3.8, 4) is 5.75 Å². The van der Waals surface area contributed by atoms with Crippen molar-refractivity contribution in [2.75, 3.05) is 49.1 Å². The van der Waals surface area contributed by atoms with Gasteiger partial charge >= 0.3 is 0 Å². The molecular formula is C51H59N5O4. The van der Waals surface area contributed by atoms with Gasteiger partial charge in [-0.25, -0.2) is 0 Å². The number of piperidine rings is 2. The largest absolute Gasteiger partial charge is 0.488 e. The van der Waals surface area contributed by atoms with Gasteiger partial charge < -0.3 is 19.4 Å². The molecule has 6 aliphatic rings. The molecule has 10 rings (SSSR count). The molecule has 312 valence electrons. The number of amides is 3. The molecule has 2 aliphatic carbocycles. The lowest BCUT2D eigenvalue weighted by Crippen LogP contribution is -2.59. The quantitative estimate of drug-likeness (QED) is 0.189. The fraction of sp³-hybridized carbons (Fsp3) is 0.471. The molecule has 3 saturated heterocycles. The topological polar surface area (TPSA) is 85.4 Å². The van der Waals surface area contributed by atoms with E-state index in [4.69, 9.17) is 4.74 Å². The van der Waals surface area contributed by atoms with Crippen LogP contribution in [0.1, 0.15) is 116 Å². The number of rotatable bonds is 7. The Morgan fingerprint density at radius 3 is 2.13 bits per heavy atom. The van der Waals surface area contributed by atoms with Crippen LogP contribution in [0.5, 0.6) is 5.75 Å². The Hall–Kier alpha value is -5.15. The van der Waals surface area contributed by atoms with Gasteiger partial charge in [-0.1, -0.05) is 48.5 Å². The predicted molar refractivity (Wildman–Crippen MR) is 236 cm³/mol. The summed E-state index contributed by atoms with van der Waals surface area (Å²) >= 11 is 0. The summed E-state index contributed by atoms with van der Waals surface area (Å²) < 4.78 is 6.29. The first-order valence-corrected chi connectivity index (χ1v) is 22.5. The van der Waals surface area contributed by atoms with Gasteiger partial charge in [-0.05, 0) is 147 Å². The number of benzene rings is 4. The van der Waals surface area contributed by atoms with Crippen LogP contribution >= 0.6 is 0 Å². The maximum absolute atomic E-state index is 13.2. The van der Waals surface area contributed by atoms with Crippen molar-refractivity contribution in [3.63, 3.8) is 0 Å². The van der Waals surface area contributed by atoms with Gasteiger partial charge in [-0.3, -0.25) is 24.6 Å². The van der Waals surface area contributed by atoms with E-state index in [2.05, 4.69) is 126 Å². The van der Waals surface area contributed by atoms with Gasteiger partial charge in [0.05, 0.1) is 0 Å². The van der Waals surface area contributed by atoms with E-state index < -0.39 is 6.04 Å². The molecule has 1 spiro atoms. The lowest BCUT2D eigenvalue weighted by Gasteiger charge is -2.56. The fourth-order valence-electron chi connectivity index (χ4n) is 11.5. The van der Waals surface area contributed by atoms with Crippen LogP contribution in [0.15, 0.2) is 91.0 Å². The van der Waals surface area contributed by atoms with E-state index in [9.17, 15) is 14.4 Å². The molecule has 1 saturated carbocycles. The predicted octanol–water partition coefficient (Wildman–Crippen LogP) is 8.06. The van der Waals surface area contributed by atoms with E-state index in [1.54, 1.807) is 4.90 Å². The van der Waals surface area contributed by atoms with Crippen LogP contribution in [0.4, 0.5) is 11.4 Å². The first kappa shape index (κ1) is 39.0. The Labute approximate surface area is 355 Å². The summed E-state index contributed by atoms with van der Waals surface area (Å²) in [4.78, 5) is 46.8. The van der Waals surface area contributed by atoms with Gasteiger partial charge in [0.1, 0.15) is 17.4 Å². The summed E-state index contributed by atoms with van der Waals surface area (Å²) in [5, 5.41) is 2.40. The number of nitrogens with one attached hydrogen (secondary N) is 1. The number of aryl methyl sites for hydroxylation is 1. The van der Waals surface area contributed by atoms with Crippen LogP contribution in [0, 0.1) is 5.41 Å². The molecule has 2 unspecified atom stereocenters. The molecule has 4 aliphatic heterocycles.